The Kier molecular flexibility index (Phi) is 5.17. The fourth-order valence-electron chi connectivity index (χ4n) is 3.60. The largest absolute Gasteiger partial charge is 0.507 e. The van der Waals surface area contributed by atoms with Crippen molar-refractivity contribution in [3.63, 3.8) is 0 Å². The summed E-state index contributed by atoms with van der Waals surface area (Å²) in [4.78, 5) is 23.5. The summed E-state index contributed by atoms with van der Waals surface area (Å²) in [6, 6.07) is 13.0. The lowest BCUT2D eigenvalue weighted by Crippen LogP contribution is -2.22. The van der Waals surface area contributed by atoms with E-state index in [1.54, 1.807) is 12.1 Å². The summed E-state index contributed by atoms with van der Waals surface area (Å²) in [5, 5.41) is 13.6. The van der Waals surface area contributed by atoms with Gasteiger partial charge in [0.25, 0.3) is 0 Å². The highest BCUT2D eigenvalue weighted by molar-refractivity contribution is 5.97. The van der Waals surface area contributed by atoms with E-state index in [4.69, 9.17) is 0 Å². The molecule has 1 aliphatic carbocycles. The Bertz CT molecular complexity index is 783. The van der Waals surface area contributed by atoms with E-state index in [0.29, 0.717) is 17.7 Å². The lowest BCUT2D eigenvalue weighted by Gasteiger charge is -2.16. The Balaban J connectivity index is 1.77. The fraction of sp³-hybridized carbons (Fsp3) is 0.333. The first-order valence-corrected chi connectivity index (χ1v) is 8.72. The Hall–Kier alpha value is -2.62. The van der Waals surface area contributed by atoms with Crippen molar-refractivity contribution in [3.05, 3.63) is 64.7 Å². The number of phenols is 1. The van der Waals surface area contributed by atoms with Crippen LogP contribution in [0.3, 0.4) is 0 Å². The van der Waals surface area contributed by atoms with Gasteiger partial charge in [0, 0.05) is 36.6 Å². The number of benzene rings is 2. The maximum absolute atomic E-state index is 12.4. The van der Waals surface area contributed by atoms with Gasteiger partial charge in [-0.25, -0.2) is 0 Å². The van der Waals surface area contributed by atoms with Crippen LogP contribution in [0.4, 0.5) is 0 Å². The first kappa shape index (κ1) is 17.2. The minimum absolute atomic E-state index is 0.00337. The fourth-order valence-corrected chi connectivity index (χ4v) is 3.60. The Labute approximate surface area is 147 Å². The van der Waals surface area contributed by atoms with Gasteiger partial charge in [-0.15, -0.1) is 0 Å². The molecule has 25 heavy (non-hydrogen) atoms. The number of amides is 1. The predicted octanol–water partition coefficient (Wildman–Crippen LogP) is 3.37. The van der Waals surface area contributed by atoms with Gasteiger partial charge in [-0.3, -0.25) is 9.59 Å². The van der Waals surface area contributed by atoms with Crippen LogP contribution in [0, 0.1) is 0 Å². The van der Waals surface area contributed by atoms with Crippen LogP contribution in [0.2, 0.25) is 0 Å². The summed E-state index contributed by atoms with van der Waals surface area (Å²) in [5.74, 6) is 0.453. The van der Waals surface area contributed by atoms with Crippen molar-refractivity contribution in [1.29, 1.82) is 0 Å². The van der Waals surface area contributed by atoms with Crippen molar-refractivity contribution < 1.29 is 14.7 Å². The summed E-state index contributed by atoms with van der Waals surface area (Å²) >= 11 is 0. The molecule has 2 aromatic carbocycles. The van der Waals surface area contributed by atoms with Crippen LogP contribution in [0.1, 0.15) is 52.7 Å². The Morgan fingerprint density at radius 2 is 1.92 bits per heavy atom. The van der Waals surface area contributed by atoms with E-state index in [1.807, 2.05) is 30.3 Å². The van der Waals surface area contributed by atoms with Gasteiger partial charge < -0.3 is 10.4 Å². The van der Waals surface area contributed by atoms with Crippen LogP contribution in [0.25, 0.3) is 0 Å². The molecule has 0 saturated heterocycles. The second kappa shape index (κ2) is 7.51. The molecular weight excluding hydrogens is 314 g/mol. The van der Waals surface area contributed by atoms with Gasteiger partial charge in [-0.05, 0) is 30.7 Å². The zero-order chi connectivity index (χ0) is 17.8. The zero-order valence-corrected chi connectivity index (χ0v) is 14.4. The van der Waals surface area contributed by atoms with E-state index in [2.05, 4.69) is 5.32 Å². The summed E-state index contributed by atoms with van der Waals surface area (Å²) < 4.78 is 0. The van der Waals surface area contributed by atoms with E-state index in [9.17, 15) is 14.7 Å². The molecule has 1 unspecified atom stereocenters. The molecular formula is C21H23NO3. The normalized spacial score (nSPS) is 15.6. The molecule has 4 heteroatoms. The molecule has 0 bridgehead atoms. The minimum atomic E-state index is -0.0374. The van der Waals surface area contributed by atoms with Gasteiger partial charge in [0.2, 0.25) is 5.91 Å². The van der Waals surface area contributed by atoms with Crippen LogP contribution >= 0.6 is 0 Å². The van der Waals surface area contributed by atoms with E-state index in [-0.39, 0.29) is 29.8 Å². The smallest absolute Gasteiger partial charge is 0.216 e. The number of aromatic hydroxyl groups is 1. The van der Waals surface area contributed by atoms with Gasteiger partial charge in [-0.2, -0.15) is 0 Å². The Morgan fingerprint density at radius 3 is 2.64 bits per heavy atom. The lowest BCUT2D eigenvalue weighted by atomic mass is 9.92. The summed E-state index contributed by atoms with van der Waals surface area (Å²) in [5.41, 5.74) is 3.45. The van der Waals surface area contributed by atoms with E-state index in [1.165, 1.54) is 6.92 Å². The molecule has 0 spiro atoms. The second-order valence-electron chi connectivity index (χ2n) is 6.62. The highest BCUT2D eigenvalue weighted by Crippen LogP contribution is 2.42. The molecule has 4 nitrogen and oxygen atoms in total. The molecule has 130 valence electrons. The van der Waals surface area contributed by atoms with Gasteiger partial charge in [0.05, 0.1) is 0 Å². The molecule has 0 aliphatic heterocycles. The monoisotopic (exact) mass is 337 g/mol. The number of carbonyl (C=O) groups excluding carboxylic acids is 2. The quantitative estimate of drug-likeness (QED) is 0.794. The zero-order valence-electron chi connectivity index (χ0n) is 14.4. The molecule has 0 aromatic heterocycles. The number of ketones is 1. The van der Waals surface area contributed by atoms with Crippen LogP contribution < -0.4 is 5.32 Å². The standard InChI is InChI=1S/C21H23NO3/c1-14(23)22-12-11-17-8-7-16-9-10-18(21(25)20(16)17)13-19(24)15-5-3-2-4-6-15/h2-6,9-10,17,25H,7-8,11-13H2,1H3,(H,22,23). The molecule has 0 saturated carbocycles. The Morgan fingerprint density at radius 1 is 1.16 bits per heavy atom. The number of fused-ring (bicyclic) bond motifs is 1. The number of hydrogen-bond donors (Lipinski definition) is 2. The van der Waals surface area contributed by atoms with Crippen molar-refractivity contribution in [2.45, 2.75) is 38.5 Å². The van der Waals surface area contributed by atoms with Gasteiger partial charge in [-0.1, -0.05) is 42.5 Å². The molecule has 0 radical (unpaired) electrons. The third kappa shape index (κ3) is 3.90. The van der Waals surface area contributed by atoms with Gasteiger partial charge in [0.15, 0.2) is 5.78 Å². The van der Waals surface area contributed by atoms with Crippen molar-refractivity contribution in [3.8, 4) is 5.75 Å². The first-order chi connectivity index (χ1) is 12.1. The van der Waals surface area contributed by atoms with Crippen molar-refractivity contribution in [2.24, 2.45) is 0 Å². The summed E-state index contributed by atoms with van der Waals surface area (Å²) in [6.45, 7) is 2.11. The molecule has 2 N–H and O–H groups in total. The van der Waals surface area contributed by atoms with Crippen LogP contribution in [-0.4, -0.2) is 23.3 Å². The minimum Gasteiger partial charge on any atom is -0.507 e. The number of Topliss-reactive ketones (excluding diaryl/α,β-unsaturated/α-hetero) is 1. The second-order valence-corrected chi connectivity index (χ2v) is 6.62. The number of phenolic OH excluding ortho intramolecular Hbond substituents is 1. The lowest BCUT2D eigenvalue weighted by molar-refractivity contribution is -0.118. The molecule has 2 aromatic rings. The molecule has 0 fully saturated rings. The van der Waals surface area contributed by atoms with Crippen molar-refractivity contribution >= 4 is 11.7 Å². The molecule has 3 rings (SSSR count). The van der Waals surface area contributed by atoms with Gasteiger partial charge >= 0.3 is 0 Å². The van der Waals surface area contributed by atoms with Crippen molar-refractivity contribution in [2.75, 3.05) is 6.54 Å². The number of carbonyl (C=O) groups is 2. The summed E-state index contributed by atoms with van der Waals surface area (Å²) in [6.07, 6.45) is 2.90. The molecule has 1 amide bonds. The third-order valence-corrected chi connectivity index (χ3v) is 4.87. The van der Waals surface area contributed by atoms with Crippen molar-refractivity contribution in [1.82, 2.24) is 5.32 Å². The van der Waals surface area contributed by atoms with Crippen LogP contribution in [0.5, 0.6) is 5.75 Å². The highest BCUT2D eigenvalue weighted by atomic mass is 16.3. The maximum atomic E-state index is 12.4. The topological polar surface area (TPSA) is 66.4 Å². The van der Waals surface area contributed by atoms with E-state index < -0.39 is 0 Å². The third-order valence-electron chi connectivity index (χ3n) is 4.87. The molecule has 1 aliphatic rings. The highest BCUT2D eigenvalue weighted by Gasteiger charge is 2.27. The number of aryl methyl sites for hydroxylation is 1. The van der Waals surface area contributed by atoms with Crippen LogP contribution in [-0.2, 0) is 17.6 Å². The number of rotatable bonds is 6. The number of nitrogens with one attached hydrogen (secondary N) is 1. The average molecular weight is 337 g/mol. The van der Waals surface area contributed by atoms with Crippen LogP contribution in [0.15, 0.2) is 42.5 Å². The summed E-state index contributed by atoms with van der Waals surface area (Å²) in [7, 11) is 0. The van der Waals surface area contributed by atoms with E-state index >= 15 is 0 Å². The molecule has 1 atom stereocenters. The number of hydrogen-bond acceptors (Lipinski definition) is 3. The average Bonchev–Trinajstić information content (AvgIpc) is 3.01. The SMILES string of the molecule is CC(=O)NCCC1CCc2ccc(CC(=O)c3ccccc3)c(O)c21. The predicted molar refractivity (Wildman–Crippen MR) is 96.9 cm³/mol. The van der Waals surface area contributed by atoms with Gasteiger partial charge in [0.1, 0.15) is 5.75 Å². The molecule has 0 heterocycles. The maximum Gasteiger partial charge on any atom is 0.216 e. The first-order valence-electron chi connectivity index (χ1n) is 8.72. The van der Waals surface area contributed by atoms with E-state index in [0.717, 1.165) is 30.4 Å².